The van der Waals surface area contributed by atoms with Crippen LogP contribution in [-0.4, -0.2) is 18.2 Å². The highest BCUT2D eigenvalue weighted by atomic mass is 32.1. The van der Waals surface area contributed by atoms with Gasteiger partial charge in [0, 0.05) is 36.4 Å². The molecule has 1 aliphatic heterocycles. The third-order valence-electron chi connectivity index (χ3n) is 5.50. The van der Waals surface area contributed by atoms with Gasteiger partial charge < -0.3 is 19.5 Å². The molecule has 1 aliphatic rings. The molecule has 0 unspecified atom stereocenters. The molecule has 0 radical (unpaired) electrons. The zero-order chi connectivity index (χ0) is 23.2. The first-order chi connectivity index (χ1) is 16.8. The van der Waals surface area contributed by atoms with Crippen LogP contribution < -0.4 is 19.5 Å². The lowest BCUT2D eigenvalue weighted by Crippen LogP contribution is -2.15. The second-order valence-corrected chi connectivity index (χ2v) is 8.69. The van der Waals surface area contributed by atoms with Crippen molar-refractivity contribution in [1.82, 2.24) is 10.3 Å². The minimum absolute atomic E-state index is 0.402. The zero-order valence-electron chi connectivity index (χ0n) is 18.5. The number of aromatic nitrogens is 1. The maximum atomic E-state index is 9.80. The molecule has 0 fully saturated rings. The minimum atomic E-state index is 0.402. The number of ether oxygens (including phenoxy) is 3. The largest absolute Gasteiger partial charge is 0.486 e. The van der Waals surface area contributed by atoms with Crippen molar-refractivity contribution in [2.24, 2.45) is 0 Å². The summed E-state index contributed by atoms with van der Waals surface area (Å²) in [5.41, 5.74) is 5.70. The van der Waals surface area contributed by atoms with Gasteiger partial charge in [-0.3, -0.25) is 4.98 Å². The van der Waals surface area contributed by atoms with Crippen LogP contribution in [0.4, 0.5) is 0 Å². The van der Waals surface area contributed by atoms with Crippen molar-refractivity contribution in [3.63, 3.8) is 0 Å². The molecule has 5 rings (SSSR count). The van der Waals surface area contributed by atoms with E-state index in [2.05, 4.69) is 46.7 Å². The smallest absolute Gasteiger partial charge is 0.192 e. The van der Waals surface area contributed by atoms with E-state index in [-0.39, 0.29) is 0 Å². The standard InChI is InChI=1S/C27H23N3O3S/c28-13-23-24(22-7-8-25-26(12-22)32-11-10-31-25)18-34-27(23)33-17-20-5-3-19(4-6-20)14-30-16-21-2-1-9-29-15-21/h1-9,12,15,18,30H,10-11,14,16-17H2. The maximum absolute atomic E-state index is 9.80. The van der Waals surface area contributed by atoms with Gasteiger partial charge in [0.2, 0.25) is 0 Å². The Morgan fingerprint density at radius 1 is 0.971 bits per heavy atom. The summed E-state index contributed by atoms with van der Waals surface area (Å²) in [6, 6.07) is 20.4. The molecule has 170 valence electrons. The van der Waals surface area contributed by atoms with Crippen LogP contribution in [0.25, 0.3) is 11.1 Å². The van der Waals surface area contributed by atoms with E-state index < -0.39 is 0 Å². The molecule has 3 heterocycles. The van der Waals surface area contributed by atoms with Gasteiger partial charge in [-0.25, -0.2) is 0 Å². The number of nitrogens with zero attached hydrogens (tertiary/aromatic N) is 2. The van der Waals surface area contributed by atoms with E-state index in [9.17, 15) is 5.26 Å². The summed E-state index contributed by atoms with van der Waals surface area (Å²) in [5, 5.41) is 15.8. The number of rotatable bonds is 8. The first-order valence-corrected chi connectivity index (χ1v) is 11.9. The lowest BCUT2D eigenvalue weighted by molar-refractivity contribution is 0.171. The molecule has 0 aliphatic carbocycles. The van der Waals surface area contributed by atoms with Crippen molar-refractivity contribution in [2.75, 3.05) is 13.2 Å². The van der Waals surface area contributed by atoms with Gasteiger partial charge in [-0.1, -0.05) is 36.4 Å². The van der Waals surface area contributed by atoms with E-state index in [1.165, 1.54) is 16.9 Å². The summed E-state index contributed by atoms with van der Waals surface area (Å²) in [4.78, 5) is 4.13. The number of fused-ring (bicyclic) bond motifs is 1. The molecule has 0 saturated carbocycles. The van der Waals surface area contributed by atoms with Gasteiger partial charge >= 0.3 is 0 Å². The summed E-state index contributed by atoms with van der Waals surface area (Å²) in [7, 11) is 0. The number of nitrogens with one attached hydrogen (secondary N) is 1. The van der Waals surface area contributed by atoms with Gasteiger partial charge in [-0.15, -0.1) is 11.3 Å². The molecule has 0 atom stereocenters. The highest BCUT2D eigenvalue weighted by Gasteiger charge is 2.18. The molecule has 34 heavy (non-hydrogen) atoms. The molecular formula is C27H23N3O3S. The fourth-order valence-corrected chi connectivity index (χ4v) is 4.61. The van der Waals surface area contributed by atoms with Crippen LogP contribution in [-0.2, 0) is 19.7 Å². The fourth-order valence-electron chi connectivity index (χ4n) is 3.73. The van der Waals surface area contributed by atoms with Crippen LogP contribution >= 0.6 is 11.3 Å². The maximum Gasteiger partial charge on any atom is 0.192 e. The number of hydrogen-bond donors (Lipinski definition) is 1. The van der Waals surface area contributed by atoms with E-state index in [0.29, 0.717) is 36.2 Å². The van der Waals surface area contributed by atoms with Gasteiger partial charge in [0.1, 0.15) is 31.5 Å². The Labute approximate surface area is 202 Å². The van der Waals surface area contributed by atoms with Crippen molar-refractivity contribution < 1.29 is 14.2 Å². The molecule has 0 amide bonds. The van der Waals surface area contributed by atoms with Crippen LogP contribution in [0.2, 0.25) is 0 Å². The Bertz CT molecular complexity index is 1300. The quantitative estimate of drug-likeness (QED) is 0.376. The topological polar surface area (TPSA) is 76.4 Å². The lowest BCUT2D eigenvalue weighted by Gasteiger charge is -2.18. The predicted octanol–water partition coefficient (Wildman–Crippen LogP) is 5.32. The first-order valence-electron chi connectivity index (χ1n) is 11.0. The SMILES string of the molecule is N#Cc1c(-c2ccc3c(c2)OCCO3)csc1OCc1ccc(CNCc2cccnc2)cc1. The van der Waals surface area contributed by atoms with Crippen LogP contribution in [0.3, 0.4) is 0 Å². The summed E-state index contributed by atoms with van der Waals surface area (Å²) in [6.45, 7) is 3.03. The molecule has 1 N–H and O–H groups in total. The van der Waals surface area contributed by atoms with E-state index in [4.69, 9.17) is 14.2 Å². The number of hydrogen-bond acceptors (Lipinski definition) is 7. The van der Waals surface area contributed by atoms with Gasteiger partial charge in [0.15, 0.2) is 16.6 Å². The van der Waals surface area contributed by atoms with E-state index in [1.807, 2.05) is 35.8 Å². The monoisotopic (exact) mass is 469 g/mol. The highest BCUT2D eigenvalue weighted by molar-refractivity contribution is 7.12. The summed E-state index contributed by atoms with van der Waals surface area (Å²) in [6.07, 6.45) is 3.64. The van der Waals surface area contributed by atoms with Gasteiger partial charge in [0.05, 0.1) is 0 Å². The summed E-state index contributed by atoms with van der Waals surface area (Å²) < 4.78 is 17.3. The molecule has 2 aromatic carbocycles. The Hall–Kier alpha value is -3.86. The second kappa shape index (κ2) is 10.4. The van der Waals surface area contributed by atoms with Crippen LogP contribution in [0.15, 0.2) is 72.4 Å². The average molecular weight is 470 g/mol. The number of pyridine rings is 1. The second-order valence-electron chi connectivity index (χ2n) is 7.85. The predicted molar refractivity (Wildman–Crippen MR) is 131 cm³/mol. The van der Waals surface area contributed by atoms with Crippen LogP contribution in [0.5, 0.6) is 16.6 Å². The Kier molecular flexibility index (Phi) is 6.71. The highest BCUT2D eigenvalue weighted by Crippen LogP contribution is 2.40. The van der Waals surface area contributed by atoms with Gasteiger partial charge in [0.25, 0.3) is 0 Å². The average Bonchev–Trinajstić information content (AvgIpc) is 3.31. The Morgan fingerprint density at radius 2 is 1.76 bits per heavy atom. The third-order valence-corrected chi connectivity index (χ3v) is 6.39. The fraction of sp³-hybridized carbons (Fsp3) is 0.185. The molecule has 2 aromatic heterocycles. The number of thiophene rings is 1. The normalized spacial score (nSPS) is 12.2. The van der Waals surface area contributed by atoms with Crippen molar-refractivity contribution in [3.05, 3.63) is 94.6 Å². The summed E-state index contributed by atoms with van der Waals surface area (Å²) in [5.74, 6) is 1.44. The molecule has 6 nitrogen and oxygen atoms in total. The summed E-state index contributed by atoms with van der Waals surface area (Å²) >= 11 is 1.43. The Balaban J connectivity index is 1.20. The molecule has 0 spiro atoms. The molecule has 0 bridgehead atoms. The first kappa shape index (κ1) is 22.0. The van der Waals surface area contributed by atoms with Crippen molar-refractivity contribution in [1.29, 1.82) is 5.26 Å². The third kappa shape index (κ3) is 5.04. The number of benzene rings is 2. The van der Waals surface area contributed by atoms with Gasteiger partial charge in [-0.05, 0) is 40.5 Å². The van der Waals surface area contributed by atoms with Crippen LogP contribution in [0, 0.1) is 11.3 Å². The van der Waals surface area contributed by atoms with Gasteiger partial charge in [-0.2, -0.15) is 5.26 Å². The molecule has 0 saturated heterocycles. The Morgan fingerprint density at radius 3 is 2.56 bits per heavy atom. The van der Waals surface area contributed by atoms with E-state index in [0.717, 1.165) is 41.1 Å². The lowest BCUT2D eigenvalue weighted by atomic mass is 10.0. The van der Waals surface area contributed by atoms with Crippen molar-refractivity contribution in [2.45, 2.75) is 19.7 Å². The molecule has 4 aromatic rings. The zero-order valence-corrected chi connectivity index (χ0v) is 19.3. The van der Waals surface area contributed by atoms with Crippen LogP contribution in [0.1, 0.15) is 22.3 Å². The van der Waals surface area contributed by atoms with E-state index in [1.54, 1.807) is 6.20 Å². The van der Waals surface area contributed by atoms with Crippen molar-refractivity contribution >= 4 is 11.3 Å². The van der Waals surface area contributed by atoms with Crippen molar-refractivity contribution in [3.8, 4) is 33.8 Å². The van der Waals surface area contributed by atoms with E-state index >= 15 is 0 Å². The number of nitriles is 1. The minimum Gasteiger partial charge on any atom is -0.486 e. The molecular weight excluding hydrogens is 446 g/mol. The molecule has 7 heteroatoms.